The van der Waals surface area contributed by atoms with Gasteiger partial charge in [0.1, 0.15) is 5.01 Å². The molecule has 26 heavy (non-hydrogen) atoms. The van der Waals surface area contributed by atoms with Crippen LogP contribution in [0.2, 0.25) is 5.02 Å². The number of anilines is 1. The monoisotopic (exact) mass is 392 g/mol. The van der Waals surface area contributed by atoms with Crippen LogP contribution in [0.5, 0.6) is 0 Å². The molecular formula is C19H25ClN4OS. The van der Waals surface area contributed by atoms with Crippen LogP contribution in [0.25, 0.3) is 0 Å². The number of nitrogens with one attached hydrogen (secondary N) is 1. The number of urea groups is 1. The van der Waals surface area contributed by atoms with E-state index in [4.69, 9.17) is 11.6 Å². The number of hydrogen-bond donors (Lipinski definition) is 1. The van der Waals surface area contributed by atoms with Gasteiger partial charge in [-0.3, -0.25) is 0 Å². The van der Waals surface area contributed by atoms with Crippen molar-refractivity contribution in [1.82, 2.24) is 15.2 Å². The van der Waals surface area contributed by atoms with Gasteiger partial charge in [0.25, 0.3) is 0 Å². The van der Waals surface area contributed by atoms with E-state index in [0.29, 0.717) is 19.6 Å². The largest absolute Gasteiger partial charge is 0.368 e. The van der Waals surface area contributed by atoms with Gasteiger partial charge in [0.05, 0.1) is 12.2 Å². The van der Waals surface area contributed by atoms with Crippen LogP contribution in [0.4, 0.5) is 10.5 Å². The highest BCUT2D eigenvalue weighted by atomic mass is 35.5. The molecule has 1 aromatic carbocycles. The third-order valence-electron chi connectivity index (χ3n) is 4.45. The van der Waals surface area contributed by atoms with Crippen molar-refractivity contribution in [3.05, 3.63) is 45.4 Å². The molecule has 2 heterocycles. The van der Waals surface area contributed by atoms with Crippen molar-refractivity contribution in [3.63, 3.8) is 0 Å². The molecule has 0 aliphatic carbocycles. The molecule has 2 aromatic rings. The molecule has 0 radical (unpaired) electrons. The molecule has 7 heteroatoms. The minimum absolute atomic E-state index is 0.0248. The van der Waals surface area contributed by atoms with Crippen LogP contribution in [0, 0.1) is 0 Å². The number of rotatable bonds is 3. The summed E-state index contributed by atoms with van der Waals surface area (Å²) in [6.07, 6.45) is 0. The van der Waals surface area contributed by atoms with Crippen LogP contribution in [-0.2, 0) is 12.0 Å². The summed E-state index contributed by atoms with van der Waals surface area (Å²) in [6.45, 7) is 9.91. The van der Waals surface area contributed by atoms with E-state index < -0.39 is 0 Å². The van der Waals surface area contributed by atoms with Gasteiger partial charge < -0.3 is 15.1 Å². The quantitative estimate of drug-likeness (QED) is 0.854. The average Bonchev–Trinajstić information content (AvgIpc) is 3.09. The first-order chi connectivity index (χ1) is 12.3. The summed E-state index contributed by atoms with van der Waals surface area (Å²) in [4.78, 5) is 21.2. The molecule has 1 saturated heterocycles. The molecule has 0 atom stereocenters. The molecule has 0 saturated carbocycles. The summed E-state index contributed by atoms with van der Waals surface area (Å²) < 4.78 is 0. The molecular weight excluding hydrogens is 368 g/mol. The molecule has 1 N–H and O–H groups in total. The molecule has 1 aliphatic rings. The Labute approximate surface area is 164 Å². The second-order valence-electron chi connectivity index (χ2n) is 7.49. The molecule has 0 bridgehead atoms. The lowest BCUT2D eigenvalue weighted by Gasteiger charge is -2.36. The first-order valence-electron chi connectivity index (χ1n) is 8.81. The van der Waals surface area contributed by atoms with Gasteiger partial charge in [-0.25, -0.2) is 9.78 Å². The van der Waals surface area contributed by atoms with Crippen LogP contribution < -0.4 is 10.2 Å². The predicted octanol–water partition coefficient (Wildman–Crippen LogP) is 4.13. The molecule has 2 amide bonds. The standard InChI is InChI=1S/C19H25ClN4OS/c1-19(2,3)16-13-26-17(22-16)12-21-18(25)24-9-7-23(8-10-24)15-6-4-5-14(20)11-15/h4-6,11,13H,7-10,12H2,1-3H3,(H,21,25). The third-order valence-corrected chi connectivity index (χ3v) is 5.54. The smallest absolute Gasteiger partial charge is 0.317 e. The van der Waals surface area contributed by atoms with E-state index in [-0.39, 0.29) is 11.4 Å². The van der Waals surface area contributed by atoms with E-state index in [0.717, 1.165) is 34.5 Å². The van der Waals surface area contributed by atoms with Crippen molar-refractivity contribution in [1.29, 1.82) is 0 Å². The van der Waals surface area contributed by atoms with Crippen LogP contribution in [0.15, 0.2) is 29.6 Å². The summed E-state index contributed by atoms with van der Waals surface area (Å²) in [5, 5.41) is 6.75. The van der Waals surface area contributed by atoms with E-state index in [1.165, 1.54) is 0 Å². The van der Waals surface area contributed by atoms with Crippen LogP contribution in [-0.4, -0.2) is 42.1 Å². The highest BCUT2D eigenvalue weighted by Crippen LogP contribution is 2.24. The van der Waals surface area contributed by atoms with Crippen LogP contribution >= 0.6 is 22.9 Å². The van der Waals surface area contributed by atoms with E-state index in [1.54, 1.807) is 11.3 Å². The zero-order valence-electron chi connectivity index (χ0n) is 15.5. The summed E-state index contributed by atoms with van der Waals surface area (Å²) in [7, 11) is 0. The van der Waals surface area contributed by atoms with Crippen molar-refractivity contribution < 1.29 is 4.79 Å². The highest BCUT2D eigenvalue weighted by Gasteiger charge is 2.22. The third kappa shape index (κ3) is 4.68. The Bertz CT molecular complexity index is 763. The minimum atomic E-state index is -0.0248. The van der Waals surface area contributed by atoms with Gasteiger partial charge in [-0.1, -0.05) is 38.4 Å². The Morgan fingerprint density at radius 1 is 1.27 bits per heavy atom. The van der Waals surface area contributed by atoms with Crippen molar-refractivity contribution >= 4 is 34.7 Å². The number of thiazole rings is 1. The zero-order chi connectivity index (χ0) is 18.7. The Hall–Kier alpha value is -1.79. The molecule has 1 aromatic heterocycles. The van der Waals surface area contributed by atoms with Crippen molar-refractivity contribution in [2.24, 2.45) is 0 Å². The average molecular weight is 393 g/mol. The molecule has 1 aliphatic heterocycles. The minimum Gasteiger partial charge on any atom is -0.368 e. The number of benzene rings is 1. The maximum atomic E-state index is 12.4. The van der Waals surface area contributed by atoms with Gasteiger partial charge in [0.15, 0.2) is 0 Å². The fourth-order valence-electron chi connectivity index (χ4n) is 2.84. The first-order valence-corrected chi connectivity index (χ1v) is 10.1. The number of halogens is 1. The number of aromatic nitrogens is 1. The number of carbonyl (C=O) groups excluding carboxylic acids is 1. The maximum Gasteiger partial charge on any atom is 0.317 e. The van der Waals surface area contributed by atoms with Gasteiger partial charge in [0.2, 0.25) is 0 Å². The van der Waals surface area contributed by atoms with Crippen LogP contribution in [0.1, 0.15) is 31.5 Å². The van der Waals surface area contributed by atoms with E-state index >= 15 is 0 Å². The molecule has 3 rings (SSSR count). The van der Waals surface area contributed by atoms with Gasteiger partial charge in [-0.15, -0.1) is 11.3 Å². The van der Waals surface area contributed by atoms with Crippen molar-refractivity contribution in [2.45, 2.75) is 32.7 Å². The molecule has 140 valence electrons. The molecule has 1 fully saturated rings. The van der Waals surface area contributed by atoms with E-state index in [9.17, 15) is 4.79 Å². The number of carbonyl (C=O) groups is 1. The maximum absolute atomic E-state index is 12.4. The summed E-state index contributed by atoms with van der Waals surface area (Å²) in [6, 6.07) is 7.82. The summed E-state index contributed by atoms with van der Waals surface area (Å²) in [5.74, 6) is 0. The Balaban J connectivity index is 1.49. The first kappa shape index (κ1) is 19.0. The Morgan fingerprint density at radius 3 is 2.62 bits per heavy atom. The van der Waals surface area contributed by atoms with Gasteiger partial charge in [-0.2, -0.15) is 0 Å². The van der Waals surface area contributed by atoms with Gasteiger partial charge >= 0.3 is 6.03 Å². The molecule has 0 unspecified atom stereocenters. The topological polar surface area (TPSA) is 48.5 Å². The number of nitrogens with zero attached hydrogens (tertiary/aromatic N) is 3. The zero-order valence-corrected chi connectivity index (χ0v) is 17.0. The van der Waals surface area contributed by atoms with Crippen LogP contribution in [0.3, 0.4) is 0 Å². The SMILES string of the molecule is CC(C)(C)c1csc(CNC(=O)N2CCN(c3cccc(Cl)c3)CC2)n1. The van der Waals surface area contributed by atoms with Gasteiger partial charge in [-0.05, 0) is 18.2 Å². The lowest BCUT2D eigenvalue weighted by atomic mass is 9.93. The highest BCUT2D eigenvalue weighted by molar-refractivity contribution is 7.09. The lowest BCUT2D eigenvalue weighted by Crippen LogP contribution is -2.51. The molecule has 5 nitrogen and oxygen atoms in total. The molecule has 0 spiro atoms. The number of amides is 2. The fraction of sp³-hybridized carbons (Fsp3) is 0.474. The summed E-state index contributed by atoms with van der Waals surface area (Å²) >= 11 is 7.67. The van der Waals surface area contributed by atoms with Crippen molar-refractivity contribution in [2.75, 3.05) is 31.1 Å². The predicted molar refractivity (Wildman–Crippen MR) is 108 cm³/mol. The Morgan fingerprint density at radius 2 is 2.00 bits per heavy atom. The normalized spacial score (nSPS) is 15.2. The van der Waals surface area contributed by atoms with E-state index in [1.807, 2.05) is 23.1 Å². The lowest BCUT2D eigenvalue weighted by molar-refractivity contribution is 0.194. The second kappa shape index (κ2) is 7.84. The number of hydrogen-bond acceptors (Lipinski definition) is 4. The van der Waals surface area contributed by atoms with E-state index in [2.05, 4.69) is 47.4 Å². The van der Waals surface area contributed by atoms with Crippen molar-refractivity contribution in [3.8, 4) is 0 Å². The second-order valence-corrected chi connectivity index (χ2v) is 8.87. The number of piperazine rings is 1. The van der Waals surface area contributed by atoms with Gasteiger partial charge in [0, 0.05) is 47.7 Å². The summed E-state index contributed by atoms with van der Waals surface area (Å²) in [5.41, 5.74) is 2.21. The fourth-order valence-corrected chi connectivity index (χ4v) is 3.99. The Kier molecular flexibility index (Phi) is 5.73.